The monoisotopic (exact) mass is 383 g/mol. The van der Waals surface area contributed by atoms with Crippen LogP contribution in [0.25, 0.3) is 45.1 Å². The topological polar surface area (TPSA) is 99.3 Å². The molecule has 0 aliphatic carbocycles. The van der Waals surface area contributed by atoms with Crippen LogP contribution in [0, 0.1) is 0 Å². The van der Waals surface area contributed by atoms with Gasteiger partial charge in [0.05, 0.1) is 35.2 Å². The number of nitrogens with one attached hydrogen (secondary N) is 1. The van der Waals surface area contributed by atoms with Crippen molar-refractivity contribution in [2.24, 2.45) is 0 Å². The molecule has 0 spiro atoms. The third-order valence-corrected chi connectivity index (χ3v) is 4.95. The maximum absolute atomic E-state index is 9.78. The maximum atomic E-state index is 9.78. The van der Waals surface area contributed by atoms with Crippen LogP contribution in [0.5, 0.6) is 0 Å². The Kier molecular flexibility index (Phi) is 3.89. The van der Waals surface area contributed by atoms with Crippen molar-refractivity contribution in [3.8, 4) is 22.6 Å². The Labute approximate surface area is 165 Å². The second-order valence-corrected chi connectivity index (χ2v) is 6.65. The third kappa shape index (κ3) is 2.67. The zero-order valence-electron chi connectivity index (χ0n) is 15.4. The lowest BCUT2D eigenvalue weighted by Gasteiger charge is -2.06. The summed E-state index contributed by atoms with van der Waals surface area (Å²) in [5, 5.41) is 19.4. The fourth-order valence-corrected chi connectivity index (χ4v) is 3.54. The van der Waals surface area contributed by atoms with E-state index >= 15 is 0 Å². The van der Waals surface area contributed by atoms with Crippen molar-refractivity contribution in [1.29, 1.82) is 0 Å². The zero-order chi connectivity index (χ0) is 20.0. The first-order chi connectivity index (χ1) is 14.2. The van der Waals surface area contributed by atoms with Crippen molar-refractivity contribution in [3.63, 3.8) is 0 Å². The summed E-state index contributed by atoms with van der Waals surface area (Å²) in [4.78, 5) is 16.9. The molecule has 0 bridgehead atoms. The highest BCUT2D eigenvalue weighted by Gasteiger charge is 2.19. The Hall–Kier alpha value is -3.97. The van der Waals surface area contributed by atoms with E-state index in [1.165, 1.54) is 0 Å². The minimum Gasteiger partial charge on any atom is -0.508 e. The summed E-state index contributed by atoms with van der Waals surface area (Å²) >= 11 is 0. The van der Waals surface area contributed by atoms with Crippen molar-refractivity contribution in [3.05, 3.63) is 78.9 Å². The highest BCUT2D eigenvalue weighted by atomic mass is 16.3. The molecule has 0 amide bonds. The lowest BCUT2D eigenvalue weighted by molar-refractivity contribution is 0.277. The number of imidazole rings is 1. The molecule has 0 radical (unpaired) electrons. The van der Waals surface area contributed by atoms with E-state index in [0.717, 1.165) is 33.5 Å². The highest BCUT2D eigenvalue weighted by molar-refractivity contribution is 5.88. The average molecular weight is 383 g/mol. The molecule has 0 unspecified atom stereocenters. The summed E-state index contributed by atoms with van der Waals surface area (Å²) < 4.78 is 2.02. The first kappa shape index (κ1) is 17.2. The number of H-pyrrole nitrogens is 1. The molecule has 4 aromatic heterocycles. The molecule has 142 valence electrons. The van der Waals surface area contributed by atoms with Crippen molar-refractivity contribution < 1.29 is 10.2 Å². The van der Waals surface area contributed by atoms with Crippen molar-refractivity contribution in [1.82, 2.24) is 24.3 Å². The molecular formula is C22H17N5O2. The highest BCUT2D eigenvalue weighted by Crippen LogP contribution is 2.33. The number of hydrogen-bond donors (Lipinski definition) is 3. The van der Waals surface area contributed by atoms with E-state index < -0.39 is 0 Å². The lowest BCUT2D eigenvalue weighted by atomic mass is 10.1. The minimum atomic E-state index is -0.185. The standard InChI is InChI=1S/C22H17N5O2/c1-13(29)14-4-6-15(7-5-14)20-19-11-25-21-18(8-10-24-21)27(19)22(26-20)16-3-2-9-23-17(16)12-28/h2-11,24,28-29H,1,12H2. The number of benzene rings is 1. The van der Waals surface area contributed by atoms with E-state index in [0.29, 0.717) is 17.1 Å². The summed E-state index contributed by atoms with van der Waals surface area (Å²) in [6.07, 6.45) is 5.26. The van der Waals surface area contributed by atoms with Crippen molar-refractivity contribution in [2.45, 2.75) is 6.61 Å². The van der Waals surface area contributed by atoms with Crippen LogP contribution in [0.4, 0.5) is 0 Å². The molecular weight excluding hydrogens is 366 g/mol. The maximum Gasteiger partial charge on any atom is 0.154 e. The van der Waals surface area contributed by atoms with E-state index in [-0.39, 0.29) is 12.4 Å². The van der Waals surface area contributed by atoms with Gasteiger partial charge in [0, 0.05) is 29.1 Å². The van der Waals surface area contributed by atoms with Gasteiger partial charge in [0.1, 0.15) is 11.6 Å². The summed E-state index contributed by atoms with van der Waals surface area (Å²) in [5.74, 6) is 0.695. The van der Waals surface area contributed by atoms with Crippen LogP contribution in [0.1, 0.15) is 11.3 Å². The average Bonchev–Trinajstić information content (AvgIpc) is 3.38. The van der Waals surface area contributed by atoms with E-state index in [9.17, 15) is 10.2 Å². The Morgan fingerprint density at radius 2 is 1.90 bits per heavy atom. The van der Waals surface area contributed by atoms with E-state index in [4.69, 9.17) is 4.98 Å². The lowest BCUT2D eigenvalue weighted by Crippen LogP contribution is -1.98. The fourth-order valence-electron chi connectivity index (χ4n) is 3.54. The summed E-state index contributed by atoms with van der Waals surface area (Å²) in [5.41, 5.74) is 6.04. The van der Waals surface area contributed by atoms with Gasteiger partial charge in [-0.15, -0.1) is 0 Å². The normalized spacial score (nSPS) is 11.3. The molecule has 0 fully saturated rings. The van der Waals surface area contributed by atoms with Gasteiger partial charge in [-0.25, -0.2) is 9.97 Å². The number of aromatic amines is 1. The smallest absolute Gasteiger partial charge is 0.154 e. The fraction of sp³-hybridized carbons (Fsp3) is 0.0455. The molecule has 1 aromatic carbocycles. The number of rotatable bonds is 4. The van der Waals surface area contributed by atoms with E-state index in [1.54, 1.807) is 24.5 Å². The number of aromatic nitrogens is 5. The zero-order valence-corrected chi connectivity index (χ0v) is 15.4. The van der Waals surface area contributed by atoms with E-state index in [1.807, 2.05) is 40.9 Å². The van der Waals surface area contributed by atoms with Crippen LogP contribution in [0.2, 0.25) is 0 Å². The molecule has 0 atom stereocenters. The van der Waals surface area contributed by atoms with Crippen LogP contribution in [0.15, 0.2) is 67.6 Å². The Bertz CT molecular complexity index is 1370. The second-order valence-electron chi connectivity index (χ2n) is 6.65. The molecule has 4 heterocycles. The van der Waals surface area contributed by atoms with Gasteiger partial charge in [-0.2, -0.15) is 0 Å². The number of fused-ring (bicyclic) bond motifs is 3. The largest absolute Gasteiger partial charge is 0.508 e. The van der Waals surface area contributed by atoms with Crippen molar-refractivity contribution >= 4 is 22.4 Å². The molecule has 29 heavy (non-hydrogen) atoms. The Balaban J connectivity index is 1.83. The number of nitrogens with zero attached hydrogens (tertiary/aromatic N) is 4. The predicted octanol–water partition coefficient (Wildman–Crippen LogP) is 3.96. The molecule has 0 saturated carbocycles. The van der Waals surface area contributed by atoms with Crippen LogP contribution >= 0.6 is 0 Å². The first-order valence-corrected chi connectivity index (χ1v) is 9.05. The van der Waals surface area contributed by atoms with Gasteiger partial charge in [0.2, 0.25) is 0 Å². The quantitative estimate of drug-likeness (QED) is 0.408. The van der Waals surface area contributed by atoms with Gasteiger partial charge >= 0.3 is 0 Å². The van der Waals surface area contributed by atoms with Gasteiger partial charge in [0.25, 0.3) is 0 Å². The molecule has 7 heteroatoms. The second kappa shape index (κ2) is 6.57. The summed E-state index contributed by atoms with van der Waals surface area (Å²) in [6.45, 7) is 3.38. The van der Waals surface area contributed by atoms with Gasteiger partial charge in [0.15, 0.2) is 5.65 Å². The van der Waals surface area contributed by atoms with Gasteiger partial charge in [-0.1, -0.05) is 30.8 Å². The molecule has 5 aromatic rings. The molecule has 3 N–H and O–H groups in total. The SMILES string of the molecule is C=C(O)c1ccc(-c2nc(-c3cccnc3CO)n3c2cnc2[nH]ccc23)cc1. The van der Waals surface area contributed by atoms with Gasteiger partial charge in [-0.05, 0) is 18.2 Å². The van der Waals surface area contributed by atoms with Crippen LogP contribution in [0.3, 0.4) is 0 Å². The number of aliphatic hydroxyl groups excluding tert-OH is 2. The molecule has 0 aliphatic rings. The Morgan fingerprint density at radius 3 is 2.66 bits per heavy atom. The van der Waals surface area contributed by atoms with Gasteiger partial charge < -0.3 is 15.2 Å². The third-order valence-electron chi connectivity index (χ3n) is 4.95. The molecule has 7 nitrogen and oxygen atoms in total. The van der Waals surface area contributed by atoms with Crippen LogP contribution in [-0.2, 0) is 6.61 Å². The van der Waals surface area contributed by atoms with Crippen LogP contribution in [-0.4, -0.2) is 34.5 Å². The van der Waals surface area contributed by atoms with Crippen LogP contribution < -0.4 is 0 Å². The predicted molar refractivity (Wildman–Crippen MR) is 111 cm³/mol. The number of pyridine rings is 1. The first-order valence-electron chi connectivity index (χ1n) is 9.05. The van der Waals surface area contributed by atoms with E-state index in [2.05, 4.69) is 21.5 Å². The van der Waals surface area contributed by atoms with Gasteiger partial charge in [-0.3, -0.25) is 9.38 Å². The summed E-state index contributed by atoms with van der Waals surface area (Å²) in [6, 6.07) is 13.0. The van der Waals surface area contributed by atoms with Crippen molar-refractivity contribution in [2.75, 3.05) is 0 Å². The minimum absolute atomic E-state index is 0.0191. The molecule has 0 aliphatic heterocycles. The molecule has 0 saturated heterocycles. The number of hydrogen-bond acceptors (Lipinski definition) is 5. The number of aliphatic hydroxyl groups is 2. The Morgan fingerprint density at radius 1 is 1.07 bits per heavy atom. The molecule has 5 rings (SSSR count). The summed E-state index contributed by atoms with van der Waals surface area (Å²) in [7, 11) is 0.